The molecule has 0 heterocycles. The van der Waals surface area contributed by atoms with Crippen molar-refractivity contribution in [3.8, 4) is 0 Å². The standard InChI is InChI=1S/C9H16O/c1-2-3-4-5-6-7-8-9-10/h6,8,10H,2-5,9H2,1H3. The second-order valence-corrected chi connectivity index (χ2v) is 2.25. The predicted octanol–water partition coefficient (Wildman–Crippen LogP) is 2.27. The number of aliphatic hydroxyl groups excluding tert-OH is 1. The van der Waals surface area contributed by atoms with E-state index in [1.165, 1.54) is 19.3 Å². The summed E-state index contributed by atoms with van der Waals surface area (Å²) in [4.78, 5) is 0. The summed E-state index contributed by atoms with van der Waals surface area (Å²) in [7, 11) is 0. The fraction of sp³-hybridized carbons (Fsp3) is 0.667. The van der Waals surface area contributed by atoms with Crippen LogP contribution in [0, 0.1) is 0 Å². The summed E-state index contributed by atoms with van der Waals surface area (Å²) < 4.78 is 0. The minimum Gasteiger partial charge on any atom is -0.392 e. The van der Waals surface area contributed by atoms with Crippen molar-refractivity contribution in [2.45, 2.75) is 32.6 Å². The smallest absolute Gasteiger partial charge is 0.0686 e. The van der Waals surface area contributed by atoms with Crippen LogP contribution in [0.4, 0.5) is 0 Å². The van der Waals surface area contributed by atoms with Crippen molar-refractivity contribution in [2.24, 2.45) is 0 Å². The predicted molar refractivity (Wildman–Crippen MR) is 43.9 cm³/mol. The Bertz CT molecular complexity index is 110. The van der Waals surface area contributed by atoms with E-state index >= 15 is 0 Å². The van der Waals surface area contributed by atoms with Crippen LogP contribution in [0.3, 0.4) is 0 Å². The Morgan fingerprint density at radius 3 is 2.70 bits per heavy atom. The molecule has 0 fully saturated rings. The maximum absolute atomic E-state index is 8.33. The van der Waals surface area contributed by atoms with Gasteiger partial charge in [0.05, 0.1) is 6.61 Å². The molecule has 0 saturated carbocycles. The number of hydrogen-bond donors (Lipinski definition) is 1. The Morgan fingerprint density at radius 2 is 2.10 bits per heavy atom. The van der Waals surface area contributed by atoms with Gasteiger partial charge in [0.25, 0.3) is 0 Å². The molecule has 0 aliphatic rings. The highest BCUT2D eigenvalue weighted by atomic mass is 16.2. The number of hydrogen-bond acceptors (Lipinski definition) is 1. The van der Waals surface area contributed by atoms with Crippen LogP contribution < -0.4 is 0 Å². The van der Waals surface area contributed by atoms with E-state index in [-0.39, 0.29) is 6.61 Å². The van der Waals surface area contributed by atoms with E-state index in [9.17, 15) is 0 Å². The third kappa shape index (κ3) is 7.48. The van der Waals surface area contributed by atoms with E-state index in [0.29, 0.717) is 0 Å². The zero-order chi connectivity index (χ0) is 7.66. The Kier molecular flexibility index (Phi) is 8.04. The zero-order valence-electron chi connectivity index (χ0n) is 6.64. The average Bonchev–Trinajstić information content (AvgIpc) is 1.97. The first-order valence-corrected chi connectivity index (χ1v) is 3.92. The van der Waals surface area contributed by atoms with E-state index in [4.69, 9.17) is 5.11 Å². The highest BCUT2D eigenvalue weighted by molar-refractivity contribution is 4.83. The lowest BCUT2D eigenvalue weighted by molar-refractivity contribution is 0.343. The largest absolute Gasteiger partial charge is 0.392 e. The van der Waals surface area contributed by atoms with Crippen LogP contribution in [-0.2, 0) is 0 Å². The minimum absolute atomic E-state index is 0.101. The van der Waals surface area contributed by atoms with E-state index in [1.54, 1.807) is 6.08 Å². The van der Waals surface area contributed by atoms with Gasteiger partial charge in [0.15, 0.2) is 0 Å². The molecule has 0 aliphatic heterocycles. The van der Waals surface area contributed by atoms with Crippen molar-refractivity contribution in [3.05, 3.63) is 17.9 Å². The second kappa shape index (κ2) is 8.48. The molecule has 0 radical (unpaired) electrons. The highest BCUT2D eigenvalue weighted by Gasteiger charge is 1.78. The molecule has 58 valence electrons. The van der Waals surface area contributed by atoms with Gasteiger partial charge in [-0.05, 0) is 25.0 Å². The third-order valence-electron chi connectivity index (χ3n) is 1.28. The topological polar surface area (TPSA) is 20.2 Å². The minimum atomic E-state index is 0.101. The van der Waals surface area contributed by atoms with Gasteiger partial charge in [0.1, 0.15) is 0 Å². The van der Waals surface area contributed by atoms with Crippen LogP contribution in [0.15, 0.2) is 17.9 Å². The lowest BCUT2D eigenvalue weighted by atomic mass is 10.2. The van der Waals surface area contributed by atoms with Gasteiger partial charge < -0.3 is 5.11 Å². The summed E-state index contributed by atoms with van der Waals surface area (Å²) >= 11 is 0. The van der Waals surface area contributed by atoms with Crippen molar-refractivity contribution in [3.63, 3.8) is 0 Å². The first-order valence-electron chi connectivity index (χ1n) is 3.92. The SMILES string of the molecule is CCCCCC=C=CCO. The summed E-state index contributed by atoms with van der Waals surface area (Å²) in [5, 5.41) is 8.33. The maximum Gasteiger partial charge on any atom is 0.0686 e. The van der Waals surface area contributed by atoms with Crippen molar-refractivity contribution in [1.82, 2.24) is 0 Å². The summed E-state index contributed by atoms with van der Waals surface area (Å²) in [6.07, 6.45) is 8.49. The van der Waals surface area contributed by atoms with Gasteiger partial charge in [0, 0.05) is 0 Å². The molecule has 0 saturated heterocycles. The van der Waals surface area contributed by atoms with Gasteiger partial charge in [-0.3, -0.25) is 0 Å². The quantitative estimate of drug-likeness (QED) is 0.459. The summed E-state index contributed by atoms with van der Waals surface area (Å²) in [6.45, 7) is 2.29. The molecule has 0 aromatic heterocycles. The molecular weight excluding hydrogens is 124 g/mol. The number of unbranched alkanes of at least 4 members (excludes halogenated alkanes) is 3. The van der Waals surface area contributed by atoms with Crippen LogP contribution in [-0.4, -0.2) is 11.7 Å². The second-order valence-electron chi connectivity index (χ2n) is 2.25. The van der Waals surface area contributed by atoms with Gasteiger partial charge in [-0.1, -0.05) is 19.8 Å². The van der Waals surface area contributed by atoms with E-state index < -0.39 is 0 Å². The van der Waals surface area contributed by atoms with Crippen LogP contribution >= 0.6 is 0 Å². The van der Waals surface area contributed by atoms with Crippen LogP contribution in [0.25, 0.3) is 0 Å². The van der Waals surface area contributed by atoms with Gasteiger partial charge >= 0.3 is 0 Å². The molecule has 1 nitrogen and oxygen atoms in total. The first kappa shape index (κ1) is 9.48. The number of rotatable bonds is 5. The molecule has 0 amide bonds. The van der Waals surface area contributed by atoms with E-state index in [0.717, 1.165) is 6.42 Å². The lowest BCUT2D eigenvalue weighted by Gasteiger charge is -1.88. The molecule has 0 spiro atoms. The van der Waals surface area contributed by atoms with Gasteiger partial charge in [-0.15, -0.1) is 5.73 Å². The Hall–Kier alpha value is -0.520. The van der Waals surface area contributed by atoms with Crippen molar-refractivity contribution in [1.29, 1.82) is 0 Å². The number of aliphatic hydroxyl groups is 1. The van der Waals surface area contributed by atoms with Gasteiger partial charge in [-0.2, -0.15) is 0 Å². The first-order chi connectivity index (χ1) is 4.91. The maximum atomic E-state index is 8.33. The molecule has 0 aliphatic carbocycles. The summed E-state index contributed by atoms with van der Waals surface area (Å²) in [5.74, 6) is 0. The fourth-order valence-electron chi connectivity index (χ4n) is 0.716. The lowest BCUT2D eigenvalue weighted by Crippen LogP contribution is -1.70. The molecule has 0 atom stereocenters. The monoisotopic (exact) mass is 140 g/mol. The normalized spacial score (nSPS) is 8.60. The molecule has 0 rings (SSSR count). The van der Waals surface area contributed by atoms with Crippen molar-refractivity contribution >= 4 is 0 Å². The molecule has 0 unspecified atom stereocenters. The summed E-state index contributed by atoms with van der Waals surface area (Å²) in [6, 6.07) is 0. The Morgan fingerprint density at radius 1 is 1.30 bits per heavy atom. The van der Waals surface area contributed by atoms with Crippen molar-refractivity contribution < 1.29 is 5.11 Å². The van der Waals surface area contributed by atoms with E-state index in [2.05, 4.69) is 12.7 Å². The molecule has 0 bridgehead atoms. The van der Waals surface area contributed by atoms with Crippen molar-refractivity contribution in [2.75, 3.05) is 6.61 Å². The van der Waals surface area contributed by atoms with Gasteiger partial charge in [0.2, 0.25) is 0 Å². The molecule has 1 heteroatoms. The highest BCUT2D eigenvalue weighted by Crippen LogP contribution is 1.98. The molecular formula is C9H16O. The van der Waals surface area contributed by atoms with Crippen LogP contribution in [0.5, 0.6) is 0 Å². The fourth-order valence-corrected chi connectivity index (χ4v) is 0.716. The Labute approximate surface area is 63.1 Å². The zero-order valence-corrected chi connectivity index (χ0v) is 6.64. The molecule has 0 aromatic carbocycles. The average molecular weight is 140 g/mol. The van der Waals surface area contributed by atoms with Gasteiger partial charge in [-0.25, -0.2) is 0 Å². The molecule has 0 aromatic rings. The Balaban J connectivity index is 3.10. The van der Waals surface area contributed by atoms with Crippen LogP contribution in [0.1, 0.15) is 32.6 Å². The van der Waals surface area contributed by atoms with E-state index in [1.807, 2.05) is 6.08 Å². The molecule has 10 heavy (non-hydrogen) atoms. The summed E-state index contributed by atoms with van der Waals surface area (Å²) in [5.41, 5.74) is 2.89. The van der Waals surface area contributed by atoms with Crippen LogP contribution in [0.2, 0.25) is 0 Å². The third-order valence-corrected chi connectivity index (χ3v) is 1.28. The molecule has 1 N–H and O–H groups in total.